The van der Waals surface area contributed by atoms with E-state index in [0.717, 1.165) is 31.2 Å². The smallest absolute Gasteiger partial charge is 0.221 e. The molecule has 0 aromatic heterocycles. The van der Waals surface area contributed by atoms with Crippen LogP contribution in [0.5, 0.6) is 0 Å². The minimum atomic E-state index is -0.0563. The zero-order valence-corrected chi connectivity index (χ0v) is 19.4. The standard InChI is InChI=1S/C22H30N4O.HI/c1-16-5-9-20(10-6-16)17(2)15-25-22(23-4)24-14-13-19-7-11-21(12-8-19)26-18(3)27;/h5-12,17H,13-15H2,1-4H3,(H,26,27)(H2,23,24,25);1H. The molecule has 0 heterocycles. The number of aliphatic imine (C=N–C) groups is 1. The van der Waals surface area contributed by atoms with Crippen molar-refractivity contribution in [1.29, 1.82) is 0 Å². The van der Waals surface area contributed by atoms with Crippen LogP contribution in [0.4, 0.5) is 5.69 Å². The van der Waals surface area contributed by atoms with Crippen molar-refractivity contribution in [2.24, 2.45) is 4.99 Å². The summed E-state index contributed by atoms with van der Waals surface area (Å²) in [6.07, 6.45) is 0.883. The highest BCUT2D eigenvalue weighted by Crippen LogP contribution is 2.14. The van der Waals surface area contributed by atoms with Crippen LogP contribution in [-0.4, -0.2) is 32.0 Å². The van der Waals surface area contributed by atoms with E-state index in [1.54, 1.807) is 7.05 Å². The topological polar surface area (TPSA) is 65.5 Å². The van der Waals surface area contributed by atoms with E-state index in [0.29, 0.717) is 5.92 Å². The van der Waals surface area contributed by atoms with Crippen molar-refractivity contribution < 1.29 is 4.79 Å². The van der Waals surface area contributed by atoms with E-state index in [1.807, 2.05) is 24.3 Å². The highest BCUT2D eigenvalue weighted by atomic mass is 127. The molecule has 6 heteroatoms. The lowest BCUT2D eigenvalue weighted by atomic mass is 10.0. The molecule has 2 aromatic rings. The molecule has 0 aliphatic rings. The molecular weight excluding hydrogens is 463 g/mol. The summed E-state index contributed by atoms with van der Waals surface area (Å²) in [6.45, 7) is 7.44. The van der Waals surface area contributed by atoms with E-state index in [2.05, 4.69) is 59.1 Å². The van der Waals surface area contributed by atoms with Crippen molar-refractivity contribution in [2.75, 3.05) is 25.5 Å². The molecule has 3 N–H and O–H groups in total. The fraction of sp³-hybridized carbons (Fsp3) is 0.364. The Balaban J connectivity index is 0.00000392. The van der Waals surface area contributed by atoms with Crippen molar-refractivity contribution in [3.05, 3.63) is 65.2 Å². The lowest BCUT2D eigenvalue weighted by molar-refractivity contribution is -0.114. The molecule has 0 fully saturated rings. The minimum absolute atomic E-state index is 0. The van der Waals surface area contributed by atoms with Gasteiger partial charge in [0.25, 0.3) is 0 Å². The molecule has 0 saturated carbocycles. The Kier molecular flexibility index (Phi) is 10.6. The van der Waals surface area contributed by atoms with Gasteiger partial charge in [0.15, 0.2) is 5.96 Å². The fourth-order valence-electron chi connectivity index (χ4n) is 2.77. The number of benzene rings is 2. The van der Waals surface area contributed by atoms with Gasteiger partial charge in [-0.1, -0.05) is 48.9 Å². The summed E-state index contributed by atoms with van der Waals surface area (Å²) in [5, 5.41) is 9.52. The van der Waals surface area contributed by atoms with Gasteiger partial charge in [0.1, 0.15) is 0 Å². The van der Waals surface area contributed by atoms with Crippen LogP contribution in [-0.2, 0) is 11.2 Å². The lowest BCUT2D eigenvalue weighted by Crippen LogP contribution is -2.39. The van der Waals surface area contributed by atoms with E-state index in [9.17, 15) is 4.79 Å². The third-order valence-electron chi connectivity index (χ3n) is 4.43. The van der Waals surface area contributed by atoms with Gasteiger partial charge < -0.3 is 16.0 Å². The summed E-state index contributed by atoms with van der Waals surface area (Å²) in [4.78, 5) is 15.3. The van der Waals surface area contributed by atoms with Crippen molar-refractivity contribution in [1.82, 2.24) is 10.6 Å². The first-order valence-corrected chi connectivity index (χ1v) is 9.35. The first-order valence-electron chi connectivity index (χ1n) is 9.35. The van der Waals surface area contributed by atoms with Crippen molar-refractivity contribution in [3.63, 3.8) is 0 Å². The van der Waals surface area contributed by atoms with Crippen LogP contribution in [0.3, 0.4) is 0 Å². The number of nitrogens with one attached hydrogen (secondary N) is 3. The maximum Gasteiger partial charge on any atom is 0.221 e. The predicted molar refractivity (Wildman–Crippen MR) is 129 cm³/mol. The number of carbonyl (C=O) groups excluding carboxylic acids is 1. The maximum absolute atomic E-state index is 11.1. The molecule has 0 saturated heterocycles. The Bertz CT molecular complexity index is 757. The van der Waals surface area contributed by atoms with Gasteiger partial charge in [-0.3, -0.25) is 9.79 Å². The van der Waals surface area contributed by atoms with Gasteiger partial charge in [-0.25, -0.2) is 0 Å². The molecule has 0 spiro atoms. The van der Waals surface area contributed by atoms with E-state index in [4.69, 9.17) is 0 Å². The summed E-state index contributed by atoms with van der Waals surface area (Å²) < 4.78 is 0. The van der Waals surface area contributed by atoms with E-state index >= 15 is 0 Å². The number of anilines is 1. The summed E-state index contributed by atoms with van der Waals surface area (Å²) >= 11 is 0. The lowest BCUT2D eigenvalue weighted by Gasteiger charge is -2.16. The summed E-state index contributed by atoms with van der Waals surface area (Å²) in [5.74, 6) is 1.16. The number of halogens is 1. The van der Waals surface area contributed by atoms with E-state index < -0.39 is 0 Å². The first-order chi connectivity index (χ1) is 13.0. The molecule has 0 aliphatic heterocycles. The highest BCUT2D eigenvalue weighted by molar-refractivity contribution is 14.0. The fourth-order valence-corrected chi connectivity index (χ4v) is 2.77. The van der Waals surface area contributed by atoms with Gasteiger partial charge in [-0.15, -0.1) is 24.0 Å². The van der Waals surface area contributed by atoms with Gasteiger partial charge in [-0.05, 0) is 42.5 Å². The van der Waals surface area contributed by atoms with Crippen molar-refractivity contribution in [3.8, 4) is 0 Å². The van der Waals surface area contributed by atoms with Crippen LogP contribution < -0.4 is 16.0 Å². The average Bonchev–Trinajstić information content (AvgIpc) is 2.65. The van der Waals surface area contributed by atoms with Crippen LogP contribution in [0, 0.1) is 6.92 Å². The molecule has 2 rings (SSSR count). The highest BCUT2D eigenvalue weighted by Gasteiger charge is 2.06. The summed E-state index contributed by atoms with van der Waals surface area (Å²) in [7, 11) is 1.79. The molecule has 1 atom stereocenters. The van der Waals surface area contributed by atoms with Crippen LogP contribution in [0.25, 0.3) is 0 Å². The van der Waals surface area contributed by atoms with E-state index in [1.165, 1.54) is 23.6 Å². The molecule has 0 bridgehead atoms. The molecular formula is C22H31IN4O. The molecule has 1 unspecified atom stereocenters. The summed E-state index contributed by atoms with van der Waals surface area (Å²) in [6, 6.07) is 16.6. The maximum atomic E-state index is 11.1. The molecule has 5 nitrogen and oxygen atoms in total. The largest absolute Gasteiger partial charge is 0.356 e. The van der Waals surface area contributed by atoms with Crippen LogP contribution in [0.15, 0.2) is 53.5 Å². The molecule has 0 aliphatic carbocycles. The molecule has 0 radical (unpaired) electrons. The number of rotatable bonds is 7. The Labute approximate surface area is 185 Å². The van der Waals surface area contributed by atoms with Gasteiger partial charge in [-0.2, -0.15) is 0 Å². The normalized spacial score (nSPS) is 11.9. The number of hydrogen-bond acceptors (Lipinski definition) is 2. The van der Waals surface area contributed by atoms with E-state index in [-0.39, 0.29) is 29.9 Å². The van der Waals surface area contributed by atoms with Crippen molar-refractivity contribution in [2.45, 2.75) is 33.1 Å². The van der Waals surface area contributed by atoms with Crippen molar-refractivity contribution >= 4 is 41.5 Å². The number of aryl methyl sites for hydroxylation is 1. The van der Waals surface area contributed by atoms with Gasteiger partial charge in [0.05, 0.1) is 0 Å². The molecule has 1 amide bonds. The quantitative estimate of drug-likeness (QED) is 0.309. The summed E-state index contributed by atoms with van der Waals surface area (Å²) in [5.41, 5.74) is 4.63. The Hall–Kier alpha value is -2.09. The predicted octanol–water partition coefficient (Wildman–Crippen LogP) is 4.08. The molecule has 2 aromatic carbocycles. The van der Waals surface area contributed by atoms with Crippen LogP contribution in [0.2, 0.25) is 0 Å². The third kappa shape index (κ3) is 8.29. The number of amides is 1. The van der Waals surface area contributed by atoms with Crippen LogP contribution >= 0.6 is 24.0 Å². The van der Waals surface area contributed by atoms with Gasteiger partial charge >= 0.3 is 0 Å². The Morgan fingerprint density at radius 1 is 1.04 bits per heavy atom. The number of guanidine groups is 1. The number of carbonyl (C=O) groups is 1. The first kappa shape index (κ1) is 23.9. The Morgan fingerprint density at radius 3 is 2.25 bits per heavy atom. The molecule has 152 valence electrons. The number of hydrogen-bond donors (Lipinski definition) is 3. The monoisotopic (exact) mass is 494 g/mol. The zero-order chi connectivity index (χ0) is 19.6. The van der Waals surface area contributed by atoms with Gasteiger partial charge in [0, 0.05) is 32.7 Å². The second kappa shape index (κ2) is 12.4. The average molecular weight is 494 g/mol. The third-order valence-corrected chi connectivity index (χ3v) is 4.43. The molecule has 28 heavy (non-hydrogen) atoms. The second-order valence-corrected chi connectivity index (χ2v) is 6.82. The van der Waals surface area contributed by atoms with Crippen LogP contribution in [0.1, 0.15) is 36.5 Å². The second-order valence-electron chi connectivity index (χ2n) is 6.82. The zero-order valence-electron chi connectivity index (χ0n) is 17.1. The Morgan fingerprint density at radius 2 is 1.68 bits per heavy atom. The minimum Gasteiger partial charge on any atom is -0.356 e. The van der Waals surface area contributed by atoms with Gasteiger partial charge in [0.2, 0.25) is 5.91 Å². The number of nitrogens with zero attached hydrogens (tertiary/aromatic N) is 1. The SMILES string of the molecule is CN=C(NCCc1ccc(NC(C)=O)cc1)NCC(C)c1ccc(C)cc1.I.